The SMILES string of the molecule is C[C@@H](NC(=O)COC(=O)c1cc(Cl)ccc1N)c1ccccc1. The fourth-order valence-electron chi connectivity index (χ4n) is 2.02. The lowest BCUT2D eigenvalue weighted by molar-refractivity contribution is -0.124. The van der Waals surface area contributed by atoms with Crippen molar-refractivity contribution in [1.82, 2.24) is 5.32 Å². The van der Waals surface area contributed by atoms with Crippen molar-refractivity contribution < 1.29 is 14.3 Å². The second-order valence-corrected chi connectivity index (χ2v) is 5.44. The Bertz CT molecular complexity index is 704. The number of rotatable bonds is 5. The van der Waals surface area contributed by atoms with Crippen LogP contribution in [-0.2, 0) is 9.53 Å². The average Bonchev–Trinajstić information content (AvgIpc) is 2.55. The molecule has 0 radical (unpaired) electrons. The molecule has 0 aromatic heterocycles. The number of hydrogen-bond acceptors (Lipinski definition) is 4. The molecule has 1 amide bonds. The second kappa shape index (κ2) is 7.65. The summed E-state index contributed by atoms with van der Waals surface area (Å²) in [5.41, 5.74) is 7.05. The molecule has 0 spiro atoms. The maximum absolute atomic E-state index is 11.9. The first kappa shape index (κ1) is 16.8. The first-order chi connectivity index (χ1) is 11.0. The van der Waals surface area contributed by atoms with Gasteiger partial charge in [-0.3, -0.25) is 4.79 Å². The number of nitrogens with one attached hydrogen (secondary N) is 1. The standard InChI is InChI=1S/C17H17ClN2O3/c1-11(12-5-3-2-4-6-12)20-16(21)10-23-17(22)14-9-13(18)7-8-15(14)19/h2-9,11H,10,19H2,1H3,(H,20,21)/t11-/m1/s1. The zero-order valence-corrected chi connectivity index (χ0v) is 13.3. The van der Waals surface area contributed by atoms with Gasteiger partial charge in [0.15, 0.2) is 6.61 Å². The summed E-state index contributed by atoms with van der Waals surface area (Å²) in [6.45, 7) is 1.46. The van der Waals surface area contributed by atoms with Crippen molar-refractivity contribution in [2.45, 2.75) is 13.0 Å². The van der Waals surface area contributed by atoms with Crippen LogP contribution < -0.4 is 11.1 Å². The van der Waals surface area contributed by atoms with Gasteiger partial charge >= 0.3 is 5.97 Å². The molecular weight excluding hydrogens is 316 g/mol. The average molecular weight is 333 g/mol. The van der Waals surface area contributed by atoms with Crippen molar-refractivity contribution in [3.05, 3.63) is 64.7 Å². The molecule has 2 rings (SSSR count). The maximum Gasteiger partial charge on any atom is 0.340 e. The van der Waals surface area contributed by atoms with E-state index in [4.69, 9.17) is 22.1 Å². The molecule has 2 aromatic rings. The van der Waals surface area contributed by atoms with E-state index in [2.05, 4.69) is 5.32 Å². The van der Waals surface area contributed by atoms with Crippen LogP contribution in [0.1, 0.15) is 28.9 Å². The number of nitrogens with two attached hydrogens (primary N) is 1. The summed E-state index contributed by atoms with van der Waals surface area (Å²) in [5, 5.41) is 3.12. The highest BCUT2D eigenvalue weighted by Gasteiger charge is 2.15. The number of amides is 1. The lowest BCUT2D eigenvalue weighted by Gasteiger charge is -2.14. The highest BCUT2D eigenvalue weighted by molar-refractivity contribution is 6.31. The van der Waals surface area contributed by atoms with Crippen LogP contribution in [0.25, 0.3) is 0 Å². The third kappa shape index (κ3) is 4.72. The Labute approximate surface area is 139 Å². The second-order valence-electron chi connectivity index (χ2n) is 5.01. The molecule has 23 heavy (non-hydrogen) atoms. The van der Waals surface area contributed by atoms with E-state index in [0.29, 0.717) is 5.02 Å². The smallest absolute Gasteiger partial charge is 0.340 e. The van der Waals surface area contributed by atoms with E-state index in [-0.39, 0.29) is 23.9 Å². The topological polar surface area (TPSA) is 81.4 Å². The highest BCUT2D eigenvalue weighted by Crippen LogP contribution is 2.18. The molecule has 5 nitrogen and oxygen atoms in total. The zero-order chi connectivity index (χ0) is 16.8. The van der Waals surface area contributed by atoms with Crippen LogP contribution in [-0.4, -0.2) is 18.5 Å². The van der Waals surface area contributed by atoms with Crippen LogP contribution in [0.4, 0.5) is 5.69 Å². The van der Waals surface area contributed by atoms with E-state index < -0.39 is 11.9 Å². The first-order valence-corrected chi connectivity index (χ1v) is 7.41. The zero-order valence-electron chi connectivity index (χ0n) is 12.6. The van der Waals surface area contributed by atoms with Crippen LogP contribution in [0.15, 0.2) is 48.5 Å². The summed E-state index contributed by atoms with van der Waals surface area (Å²) in [6.07, 6.45) is 0. The van der Waals surface area contributed by atoms with E-state index in [1.54, 1.807) is 6.07 Å². The molecule has 0 aliphatic heterocycles. The fourth-order valence-corrected chi connectivity index (χ4v) is 2.19. The van der Waals surface area contributed by atoms with Gasteiger partial charge in [-0.15, -0.1) is 0 Å². The third-order valence-corrected chi connectivity index (χ3v) is 3.48. The predicted molar refractivity (Wildman–Crippen MR) is 89.1 cm³/mol. The normalized spacial score (nSPS) is 11.6. The molecule has 0 saturated carbocycles. The van der Waals surface area contributed by atoms with Gasteiger partial charge in [0.05, 0.1) is 11.6 Å². The number of carbonyl (C=O) groups is 2. The minimum absolute atomic E-state index is 0.140. The number of anilines is 1. The Morgan fingerprint density at radius 1 is 1.22 bits per heavy atom. The number of benzene rings is 2. The number of nitrogen functional groups attached to an aromatic ring is 1. The van der Waals surface area contributed by atoms with Crippen LogP contribution in [0.5, 0.6) is 0 Å². The lowest BCUT2D eigenvalue weighted by atomic mass is 10.1. The summed E-state index contributed by atoms with van der Waals surface area (Å²) in [5.74, 6) is -1.08. The van der Waals surface area contributed by atoms with Crippen molar-refractivity contribution in [3.63, 3.8) is 0 Å². The Morgan fingerprint density at radius 3 is 2.61 bits per heavy atom. The molecule has 0 saturated heterocycles. The van der Waals surface area contributed by atoms with Gasteiger partial charge in [0, 0.05) is 10.7 Å². The molecule has 6 heteroatoms. The fraction of sp³-hybridized carbons (Fsp3) is 0.176. The molecule has 0 aliphatic rings. The highest BCUT2D eigenvalue weighted by atomic mass is 35.5. The predicted octanol–water partition coefficient (Wildman–Crippen LogP) is 2.96. The van der Waals surface area contributed by atoms with Gasteiger partial charge < -0.3 is 15.8 Å². The van der Waals surface area contributed by atoms with Crippen molar-refractivity contribution in [2.24, 2.45) is 0 Å². The molecule has 2 aromatic carbocycles. The monoisotopic (exact) mass is 332 g/mol. The van der Waals surface area contributed by atoms with E-state index in [1.807, 2.05) is 37.3 Å². The lowest BCUT2D eigenvalue weighted by Crippen LogP contribution is -2.31. The summed E-state index contributed by atoms with van der Waals surface area (Å²) in [6, 6.07) is 13.8. The number of halogens is 1. The first-order valence-electron chi connectivity index (χ1n) is 7.04. The van der Waals surface area contributed by atoms with E-state index in [9.17, 15) is 9.59 Å². The van der Waals surface area contributed by atoms with Gasteiger partial charge in [0.25, 0.3) is 5.91 Å². The van der Waals surface area contributed by atoms with Crippen molar-refractivity contribution >= 4 is 29.2 Å². The Hall–Kier alpha value is -2.53. The molecule has 0 heterocycles. The summed E-state index contributed by atoms with van der Waals surface area (Å²) in [7, 11) is 0. The number of esters is 1. The summed E-state index contributed by atoms with van der Waals surface area (Å²) < 4.78 is 4.97. The summed E-state index contributed by atoms with van der Waals surface area (Å²) in [4.78, 5) is 23.8. The molecule has 0 unspecified atom stereocenters. The molecule has 1 atom stereocenters. The molecule has 0 fully saturated rings. The Balaban J connectivity index is 1.89. The Kier molecular flexibility index (Phi) is 5.60. The molecule has 120 valence electrons. The molecule has 0 aliphatic carbocycles. The van der Waals surface area contributed by atoms with E-state index >= 15 is 0 Å². The van der Waals surface area contributed by atoms with Crippen LogP contribution in [0, 0.1) is 0 Å². The van der Waals surface area contributed by atoms with Gasteiger partial charge in [-0.25, -0.2) is 4.79 Å². The van der Waals surface area contributed by atoms with Crippen LogP contribution in [0.2, 0.25) is 5.02 Å². The Morgan fingerprint density at radius 2 is 1.91 bits per heavy atom. The quantitative estimate of drug-likeness (QED) is 0.651. The van der Waals surface area contributed by atoms with E-state index in [0.717, 1.165) is 5.56 Å². The molecular formula is C17H17ClN2O3. The van der Waals surface area contributed by atoms with Crippen molar-refractivity contribution in [1.29, 1.82) is 0 Å². The number of carbonyl (C=O) groups excluding carboxylic acids is 2. The van der Waals surface area contributed by atoms with Crippen LogP contribution in [0.3, 0.4) is 0 Å². The van der Waals surface area contributed by atoms with Crippen molar-refractivity contribution in [3.8, 4) is 0 Å². The van der Waals surface area contributed by atoms with E-state index in [1.165, 1.54) is 12.1 Å². The minimum atomic E-state index is -0.687. The van der Waals surface area contributed by atoms with Crippen molar-refractivity contribution in [2.75, 3.05) is 12.3 Å². The van der Waals surface area contributed by atoms with Gasteiger partial charge in [0.2, 0.25) is 0 Å². The molecule has 3 N–H and O–H groups in total. The maximum atomic E-state index is 11.9. The molecule has 0 bridgehead atoms. The number of hydrogen-bond donors (Lipinski definition) is 2. The van der Waals surface area contributed by atoms with Gasteiger partial charge in [-0.1, -0.05) is 41.9 Å². The largest absolute Gasteiger partial charge is 0.452 e. The third-order valence-electron chi connectivity index (χ3n) is 3.25. The van der Waals surface area contributed by atoms with Gasteiger partial charge in [-0.2, -0.15) is 0 Å². The van der Waals surface area contributed by atoms with Gasteiger partial charge in [0.1, 0.15) is 0 Å². The van der Waals surface area contributed by atoms with Gasteiger partial charge in [-0.05, 0) is 30.7 Å². The van der Waals surface area contributed by atoms with Crippen LogP contribution >= 0.6 is 11.6 Å². The number of ether oxygens (including phenoxy) is 1. The minimum Gasteiger partial charge on any atom is -0.452 e. The summed E-state index contributed by atoms with van der Waals surface area (Å²) >= 11 is 5.82.